The van der Waals surface area contributed by atoms with E-state index in [9.17, 15) is 0 Å². The van der Waals surface area contributed by atoms with Crippen LogP contribution in [0.25, 0.3) is 53.9 Å². The summed E-state index contributed by atoms with van der Waals surface area (Å²) in [6.07, 6.45) is 43.0. The molecule has 4 heteroatoms. The molecule has 0 amide bonds. The van der Waals surface area contributed by atoms with Crippen LogP contribution in [0.15, 0.2) is 81.7 Å². The lowest BCUT2D eigenvalue weighted by molar-refractivity contribution is 0.226. The van der Waals surface area contributed by atoms with Crippen LogP contribution in [0, 0.1) is 11.8 Å². The molecule has 0 saturated heterocycles. The number of rotatable bonds is 38. The summed E-state index contributed by atoms with van der Waals surface area (Å²) < 4.78 is 16.5. The molecule has 2 unspecified atom stereocenters. The van der Waals surface area contributed by atoms with E-state index >= 15 is 0 Å². The second-order valence-electron chi connectivity index (χ2n) is 21.6. The Hall–Kier alpha value is -2.82. The van der Waals surface area contributed by atoms with Crippen LogP contribution in [0.1, 0.15) is 233 Å². The van der Waals surface area contributed by atoms with Gasteiger partial charge in [-0.3, -0.25) is 0 Å². The van der Waals surface area contributed by atoms with E-state index in [2.05, 4.69) is 132 Å². The summed E-state index contributed by atoms with van der Waals surface area (Å²) in [6, 6.07) is 27.8. The van der Waals surface area contributed by atoms with Gasteiger partial charge in [0.15, 0.2) is 0 Å². The quantitative estimate of drug-likeness (QED) is 0.0219. The number of benzene rings is 6. The third kappa shape index (κ3) is 18.0. The van der Waals surface area contributed by atoms with Gasteiger partial charge < -0.3 is 9.47 Å². The molecule has 70 heavy (non-hydrogen) atoms. The Morgan fingerprint density at radius 2 is 0.771 bits per heavy atom. The van der Waals surface area contributed by atoms with Crippen molar-refractivity contribution in [1.29, 1.82) is 0 Å². The lowest BCUT2D eigenvalue weighted by atomic mass is 9.92. The summed E-state index contributed by atoms with van der Waals surface area (Å²) in [5, 5.41) is 12.4. The first-order valence-electron chi connectivity index (χ1n) is 29.3. The normalized spacial score (nSPS) is 12.8. The smallest absolute Gasteiger partial charge is 0.128 e. The van der Waals surface area contributed by atoms with Crippen LogP contribution in [0.5, 0.6) is 11.5 Å². The monoisotopic (exact) mass is 1080 g/mol. The molecule has 0 radical (unpaired) electrons. The van der Waals surface area contributed by atoms with Crippen molar-refractivity contribution in [3.8, 4) is 11.5 Å². The molecule has 2 atom stereocenters. The van der Waals surface area contributed by atoms with Crippen molar-refractivity contribution in [3.05, 3.63) is 81.7 Å². The summed E-state index contributed by atoms with van der Waals surface area (Å²) in [5.74, 6) is 3.17. The Morgan fingerprint density at radius 1 is 0.343 bits per heavy atom. The molecule has 0 aromatic heterocycles. The number of ether oxygens (including phenoxy) is 2. The lowest BCUT2D eigenvalue weighted by Crippen LogP contribution is -2.13. The predicted octanol–water partition coefficient (Wildman–Crippen LogP) is 23.5. The van der Waals surface area contributed by atoms with E-state index in [0.717, 1.165) is 33.7 Å². The van der Waals surface area contributed by atoms with E-state index in [0.29, 0.717) is 11.8 Å². The molecular weight excluding hydrogens is 985 g/mol. The molecule has 0 heterocycles. The van der Waals surface area contributed by atoms with Gasteiger partial charge in [0.25, 0.3) is 0 Å². The zero-order valence-corrected chi connectivity index (χ0v) is 47.9. The molecule has 0 aliphatic carbocycles. The zero-order valence-electron chi connectivity index (χ0n) is 44.7. The van der Waals surface area contributed by atoms with E-state index in [1.807, 2.05) is 0 Å². The number of hydrogen-bond acceptors (Lipinski definition) is 2. The second-order valence-corrected chi connectivity index (χ2v) is 23.4. The largest absolute Gasteiger partial charge is 0.493 e. The Bertz CT molecular complexity index is 2420. The molecule has 2 nitrogen and oxygen atoms in total. The van der Waals surface area contributed by atoms with Gasteiger partial charge in [0.1, 0.15) is 11.5 Å². The van der Waals surface area contributed by atoms with Crippen molar-refractivity contribution in [2.75, 3.05) is 13.2 Å². The first kappa shape index (κ1) is 56.5. The third-order valence-corrected chi connectivity index (χ3v) is 16.8. The van der Waals surface area contributed by atoms with Gasteiger partial charge in [0.05, 0.1) is 13.2 Å². The lowest BCUT2D eigenvalue weighted by Gasteiger charge is -2.21. The van der Waals surface area contributed by atoms with Gasteiger partial charge in [-0.15, -0.1) is 0 Å². The molecule has 0 spiro atoms. The van der Waals surface area contributed by atoms with Gasteiger partial charge in [-0.05, 0) is 129 Å². The molecule has 0 N–H and O–H groups in total. The highest BCUT2D eigenvalue weighted by molar-refractivity contribution is 9.11. The SMILES string of the molecule is CCCCCCCCCCC(CCCCCCCC)COc1cc(Br)cc2cc3cc(OCC(CCCCCCCC)CCCCCCCCCC)c4c5cc6c(Br)cccc6cc5ccc4c3cc12. The summed E-state index contributed by atoms with van der Waals surface area (Å²) in [6.45, 7) is 10.8. The minimum absolute atomic E-state index is 0.565. The molecule has 0 aliphatic heterocycles. The maximum Gasteiger partial charge on any atom is 0.128 e. The van der Waals surface area contributed by atoms with Crippen LogP contribution < -0.4 is 9.47 Å². The van der Waals surface area contributed by atoms with E-state index in [-0.39, 0.29) is 0 Å². The first-order valence-corrected chi connectivity index (χ1v) is 30.9. The van der Waals surface area contributed by atoms with Gasteiger partial charge in [-0.25, -0.2) is 0 Å². The summed E-state index contributed by atoms with van der Waals surface area (Å²) in [7, 11) is 0. The summed E-state index contributed by atoms with van der Waals surface area (Å²) in [4.78, 5) is 0. The van der Waals surface area contributed by atoms with Crippen molar-refractivity contribution in [2.24, 2.45) is 11.8 Å². The molecule has 0 aliphatic rings. The molecule has 6 rings (SSSR count). The van der Waals surface area contributed by atoms with Gasteiger partial charge in [-0.1, -0.05) is 264 Å². The number of hydrogen-bond donors (Lipinski definition) is 0. The minimum Gasteiger partial charge on any atom is -0.493 e. The topological polar surface area (TPSA) is 18.5 Å². The minimum atomic E-state index is 0.565. The Labute approximate surface area is 443 Å². The average Bonchev–Trinajstić information content (AvgIpc) is 3.36. The van der Waals surface area contributed by atoms with Gasteiger partial charge >= 0.3 is 0 Å². The maximum atomic E-state index is 7.27. The van der Waals surface area contributed by atoms with Crippen LogP contribution >= 0.6 is 31.9 Å². The zero-order chi connectivity index (χ0) is 49.2. The predicted molar refractivity (Wildman–Crippen MR) is 318 cm³/mol. The van der Waals surface area contributed by atoms with E-state index < -0.39 is 0 Å². The highest BCUT2D eigenvalue weighted by Gasteiger charge is 2.19. The summed E-state index contributed by atoms with van der Waals surface area (Å²) in [5.41, 5.74) is 0. The van der Waals surface area contributed by atoms with Crippen molar-refractivity contribution in [1.82, 2.24) is 0 Å². The van der Waals surface area contributed by atoms with Crippen molar-refractivity contribution in [2.45, 2.75) is 233 Å². The number of halogens is 2. The third-order valence-electron chi connectivity index (χ3n) is 15.7. The van der Waals surface area contributed by atoms with Crippen molar-refractivity contribution < 1.29 is 9.47 Å². The van der Waals surface area contributed by atoms with Gasteiger partial charge in [0.2, 0.25) is 0 Å². The van der Waals surface area contributed by atoms with Crippen LogP contribution in [-0.2, 0) is 0 Å². The highest BCUT2D eigenvalue weighted by atomic mass is 79.9. The first-order chi connectivity index (χ1) is 34.4. The van der Waals surface area contributed by atoms with E-state index in [1.54, 1.807) is 0 Å². The van der Waals surface area contributed by atoms with E-state index in [4.69, 9.17) is 9.47 Å². The fourth-order valence-electron chi connectivity index (χ4n) is 11.3. The van der Waals surface area contributed by atoms with Crippen molar-refractivity contribution >= 4 is 85.7 Å². The molecule has 384 valence electrons. The Balaban J connectivity index is 1.30. The highest BCUT2D eigenvalue weighted by Crippen LogP contribution is 2.44. The van der Waals surface area contributed by atoms with Gasteiger partial charge in [0, 0.05) is 19.7 Å². The molecule has 6 aromatic carbocycles. The summed E-state index contributed by atoms with van der Waals surface area (Å²) >= 11 is 7.85. The Kier molecular flexibility index (Phi) is 26.1. The van der Waals surface area contributed by atoms with Crippen molar-refractivity contribution in [3.63, 3.8) is 0 Å². The number of unbranched alkanes of at least 4 members (excludes halogenated alkanes) is 24. The van der Waals surface area contributed by atoms with Crippen LogP contribution in [0.4, 0.5) is 0 Å². The van der Waals surface area contributed by atoms with E-state index in [1.165, 1.54) is 259 Å². The van der Waals surface area contributed by atoms with Crippen LogP contribution in [0.2, 0.25) is 0 Å². The molecule has 6 aromatic rings. The molecular formula is C66H94Br2O2. The average molecular weight is 1080 g/mol. The van der Waals surface area contributed by atoms with Crippen LogP contribution in [0.3, 0.4) is 0 Å². The number of fused-ring (bicyclic) bond motifs is 7. The van der Waals surface area contributed by atoms with Gasteiger partial charge in [-0.2, -0.15) is 0 Å². The standard InChI is InChI=1S/C66H94Br2O2/c1-5-9-13-17-21-23-27-31-35-51(34-29-25-19-15-11-7-3)49-69-64-46-57(67)44-55-43-56-45-65(70-50-52(36-30-26-20-16-12-8-4)37-32-28-24-22-18-14-10-6-2)66-58(59(56)47-61(55)64)41-40-54-42-53-38-33-39-63(68)60(53)48-62(54)66/h33,38-48,51-52H,5-32,34-37,49-50H2,1-4H3. The maximum absolute atomic E-state index is 7.27. The van der Waals surface area contributed by atoms with Crippen LogP contribution in [-0.4, -0.2) is 13.2 Å². The second kappa shape index (κ2) is 32.4. The Morgan fingerprint density at radius 3 is 1.29 bits per heavy atom. The fourth-order valence-corrected chi connectivity index (χ4v) is 12.3. The fraction of sp³-hybridized carbons (Fsp3) is 0.606. The molecule has 0 saturated carbocycles. The molecule has 0 fully saturated rings. The molecule has 0 bridgehead atoms.